The monoisotopic (exact) mass is 411 g/mol. The van der Waals surface area contributed by atoms with E-state index in [1.807, 2.05) is 13.8 Å². The van der Waals surface area contributed by atoms with Crippen LogP contribution in [0.3, 0.4) is 0 Å². The fourth-order valence-corrected chi connectivity index (χ4v) is 2.73. The number of alkyl halides is 2. The van der Waals surface area contributed by atoms with Gasteiger partial charge in [0.1, 0.15) is 5.75 Å². The Labute approximate surface area is 166 Å². The largest absolute Gasteiger partial charge is 0.455 e. The molecule has 0 aromatic heterocycles. The lowest BCUT2D eigenvalue weighted by molar-refractivity contribution is -0.149. The molecule has 0 heterocycles. The number of esters is 1. The maximum Gasteiger partial charge on any atom is 0.387 e. The zero-order valence-electron chi connectivity index (χ0n) is 15.3. The zero-order valence-corrected chi connectivity index (χ0v) is 16.1. The van der Waals surface area contributed by atoms with Crippen LogP contribution >= 0.6 is 11.6 Å². The Bertz CT molecular complexity index is 795. The summed E-state index contributed by atoms with van der Waals surface area (Å²) < 4.78 is 33.6. The molecular formula is C20H20ClF2NO4. The molecule has 0 saturated carbocycles. The van der Waals surface area contributed by atoms with Crippen LogP contribution in [0.2, 0.25) is 5.02 Å². The SMILES string of the molecule is CC(C)[C@H](C(=O)OCC(=O)Nc1ccc(OC(F)F)cc1)c1ccc(Cl)cc1. The molecule has 1 N–H and O–H groups in total. The van der Waals surface area contributed by atoms with E-state index in [-0.39, 0.29) is 11.7 Å². The van der Waals surface area contributed by atoms with Crippen LogP contribution in [0.1, 0.15) is 25.3 Å². The second kappa shape index (κ2) is 10.0. The molecule has 0 fully saturated rings. The molecule has 2 aromatic carbocycles. The predicted octanol–water partition coefficient (Wildman–Crippen LogP) is 4.86. The van der Waals surface area contributed by atoms with E-state index in [9.17, 15) is 18.4 Å². The van der Waals surface area contributed by atoms with Crippen LogP contribution in [0.5, 0.6) is 5.75 Å². The Balaban J connectivity index is 1.91. The van der Waals surface area contributed by atoms with Crippen LogP contribution in [-0.2, 0) is 14.3 Å². The van der Waals surface area contributed by atoms with Crippen molar-refractivity contribution in [3.05, 3.63) is 59.1 Å². The Morgan fingerprint density at radius 2 is 1.64 bits per heavy atom. The normalized spacial score (nSPS) is 12.0. The summed E-state index contributed by atoms with van der Waals surface area (Å²) in [7, 11) is 0. The fraction of sp³-hybridized carbons (Fsp3) is 0.300. The smallest absolute Gasteiger partial charge is 0.387 e. The topological polar surface area (TPSA) is 64.6 Å². The minimum absolute atomic E-state index is 0.0258. The van der Waals surface area contributed by atoms with E-state index in [0.717, 1.165) is 5.56 Å². The van der Waals surface area contributed by atoms with Crippen LogP contribution in [0.4, 0.5) is 14.5 Å². The number of nitrogens with one attached hydrogen (secondary N) is 1. The van der Waals surface area contributed by atoms with Gasteiger partial charge in [0.2, 0.25) is 0 Å². The highest BCUT2D eigenvalue weighted by molar-refractivity contribution is 6.30. The molecule has 0 saturated heterocycles. The second-order valence-electron chi connectivity index (χ2n) is 6.33. The van der Waals surface area contributed by atoms with Crippen molar-refractivity contribution < 1.29 is 27.8 Å². The highest BCUT2D eigenvalue weighted by atomic mass is 35.5. The molecule has 2 aromatic rings. The van der Waals surface area contributed by atoms with Gasteiger partial charge in [0.25, 0.3) is 5.91 Å². The van der Waals surface area contributed by atoms with Crippen LogP contribution in [-0.4, -0.2) is 25.1 Å². The first-order valence-corrected chi connectivity index (χ1v) is 8.91. The summed E-state index contributed by atoms with van der Waals surface area (Å²) in [6.07, 6.45) is 0. The molecule has 0 aliphatic carbocycles. The lowest BCUT2D eigenvalue weighted by Crippen LogP contribution is -2.26. The van der Waals surface area contributed by atoms with Crippen molar-refractivity contribution in [2.24, 2.45) is 5.92 Å². The van der Waals surface area contributed by atoms with E-state index in [1.165, 1.54) is 24.3 Å². The molecule has 1 atom stereocenters. The number of benzene rings is 2. The van der Waals surface area contributed by atoms with Gasteiger partial charge >= 0.3 is 12.6 Å². The van der Waals surface area contributed by atoms with Crippen LogP contribution in [0.25, 0.3) is 0 Å². The van der Waals surface area contributed by atoms with Gasteiger partial charge in [-0.15, -0.1) is 0 Å². The molecule has 0 bridgehead atoms. The van der Waals surface area contributed by atoms with Crippen LogP contribution in [0.15, 0.2) is 48.5 Å². The van der Waals surface area contributed by atoms with Crippen LogP contribution in [0, 0.1) is 5.92 Å². The zero-order chi connectivity index (χ0) is 20.7. The average Bonchev–Trinajstić information content (AvgIpc) is 2.63. The molecule has 1 amide bonds. The molecule has 2 rings (SSSR count). The molecule has 0 unspecified atom stereocenters. The summed E-state index contributed by atoms with van der Waals surface area (Å²) in [5, 5.41) is 3.08. The highest BCUT2D eigenvalue weighted by Gasteiger charge is 2.26. The van der Waals surface area contributed by atoms with Gasteiger partial charge in [0.15, 0.2) is 6.61 Å². The van der Waals surface area contributed by atoms with Crippen LogP contribution < -0.4 is 10.1 Å². The number of halogens is 3. The van der Waals surface area contributed by atoms with Crippen molar-refractivity contribution in [2.45, 2.75) is 26.4 Å². The van der Waals surface area contributed by atoms with E-state index < -0.39 is 31.0 Å². The Morgan fingerprint density at radius 3 is 2.18 bits per heavy atom. The summed E-state index contributed by atoms with van der Waals surface area (Å²) in [6.45, 7) is 0.368. The lowest BCUT2D eigenvalue weighted by Gasteiger charge is -2.20. The first-order chi connectivity index (χ1) is 13.3. The van der Waals surface area contributed by atoms with Gasteiger partial charge in [0, 0.05) is 10.7 Å². The first-order valence-electron chi connectivity index (χ1n) is 8.53. The molecule has 8 heteroatoms. The molecule has 0 spiro atoms. The molecule has 150 valence electrons. The van der Waals surface area contributed by atoms with Gasteiger partial charge in [-0.3, -0.25) is 9.59 Å². The average molecular weight is 412 g/mol. The number of anilines is 1. The summed E-state index contributed by atoms with van der Waals surface area (Å²) in [5.41, 5.74) is 1.11. The number of hydrogen-bond donors (Lipinski definition) is 1. The number of carbonyl (C=O) groups excluding carboxylic acids is 2. The Kier molecular flexibility index (Phi) is 7.75. The first kappa shape index (κ1) is 21.6. The van der Waals surface area contributed by atoms with E-state index in [4.69, 9.17) is 16.3 Å². The number of rotatable bonds is 8. The molecule has 0 aliphatic heterocycles. The molecule has 0 radical (unpaired) electrons. The third-order valence-corrected chi connectivity index (χ3v) is 4.11. The summed E-state index contributed by atoms with van der Waals surface area (Å²) in [6, 6.07) is 12.3. The molecular weight excluding hydrogens is 392 g/mol. The molecule has 0 aliphatic rings. The Hall–Kier alpha value is -2.67. The van der Waals surface area contributed by atoms with Crippen molar-refractivity contribution in [1.82, 2.24) is 0 Å². The van der Waals surface area contributed by atoms with Gasteiger partial charge in [-0.2, -0.15) is 8.78 Å². The number of carbonyl (C=O) groups is 2. The predicted molar refractivity (Wildman–Crippen MR) is 102 cm³/mol. The van der Waals surface area contributed by atoms with Crippen molar-refractivity contribution in [2.75, 3.05) is 11.9 Å². The van der Waals surface area contributed by atoms with Gasteiger partial charge in [-0.1, -0.05) is 37.6 Å². The van der Waals surface area contributed by atoms with Crippen molar-refractivity contribution in [1.29, 1.82) is 0 Å². The van der Waals surface area contributed by atoms with Crippen molar-refractivity contribution >= 4 is 29.2 Å². The quantitative estimate of drug-likeness (QED) is 0.630. The van der Waals surface area contributed by atoms with Gasteiger partial charge in [-0.25, -0.2) is 0 Å². The minimum Gasteiger partial charge on any atom is -0.455 e. The van der Waals surface area contributed by atoms with Crippen molar-refractivity contribution in [3.8, 4) is 5.75 Å². The van der Waals surface area contributed by atoms with E-state index >= 15 is 0 Å². The van der Waals surface area contributed by atoms with E-state index in [2.05, 4.69) is 10.1 Å². The van der Waals surface area contributed by atoms with Gasteiger partial charge < -0.3 is 14.8 Å². The highest BCUT2D eigenvalue weighted by Crippen LogP contribution is 2.27. The third kappa shape index (κ3) is 6.49. The molecule has 5 nitrogen and oxygen atoms in total. The standard InChI is InChI=1S/C20H20ClF2NO4/c1-12(2)18(13-3-5-14(21)6-4-13)19(26)27-11-17(25)24-15-7-9-16(10-8-15)28-20(22)23/h3-10,12,18,20H,11H2,1-2H3,(H,24,25)/t18-/m0/s1. The third-order valence-electron chi connectivity index (χ3n) is 3.86. The van der Waals surface area contributed by atoms with Gasteiger partial charge in [-0.05, 0) is 47.9 Å². The maximum atomic E-state index is 12.5. The number of ether oxygens (including phenoxy) is 2. The van der Waals surface area contributed by atoms with E-state index in [0.29, 0.717) is 10.7 Å². The summed E-state index contributed by atoms with van der Waals surface area (Å²) >= 11 is 5.88. The Morgan fingerprint density at radius 1 is 1.04 bits per heavy atom. The molecule has 28 heavy (non-hydrogen) atoms. The van der Waals surface area contributed by atoms with Crippen molar-refractivity contribution in [3.63, 3.8) is 0 Å². The van der Waals surface area contributed by atoms with Gasteiger partial charge in [0.05, 0.1) is 5.92 Å². The maximum absolute atomic E-state index is 12.5. The summed E-state index contributed by atoms with van der Waals surface area (Å²) in [5.74, 6) is -1.67. The van der Waals surface area contributed by atoms with E-state index in [1.54, 1.807) is 24.3 Å². The number of amides is 1. The second-order valence-corrected chi connectivity index (χ2v) is 6.77. The number of hydrogen-bond acceptors (Lipinski definition) is 4. The fourth-order valence-electron chi connectivity index (χ4n) is 2.61. The summed E-state index contributed by atoms with van der Waals surface area (Å²) in [4.78, 5) is 24.4. The lowest BCUT2D eigenvalue weighted by atomic mass is 9.88. The minimum atomic E-state index is -2.92.